The fourth-order valence-corrected chi connectivity index (χ4v) is 1.87. The van der Waals surface area contributed by atoms with Gasteiger partial charge in [-0.05, 0) is 38.5 Å². The molecule has 0 radical (unpaired) electrons. The molecule has 1 saturated heterocycles. The number of anilines is 1. The number of aliphatic imine (C=N–C) groups is 1. The molecule has 0 aliphatic carbocycles. The van der Waals surface area contributed by atoms with Crippen molar-refractivity contribution in [3.05, 3.63) is 23.8 Å². The normalized spacial score (nSPS) is 17.2. The molecule has 1 aromatic rings. The number of aryl methyl sites for hydroxylation is 1. The molecule has 1 aliphatic rings. The molecule has 0 atom stereocenters. The number of imide groups is 1. The van der Waals surface area contributed by atoms with Gasteiger partial charge in [-0.3, -0.25) is 9.59 Å². The van der Waals surface area contributed by atoms with E-state index in [1.54, 1.807) is 32.9 Å². The molecule has 1 heterocycles. The van der Waals surface area contributed by atoms with Gasteiger partial charge < -0.3 is 0 Å². The van der Waals surface area contributed by atoms with Crippen molar-refractivity contribution in [3.8, 4) is 0 Å². The van der Waals surface area contributed by atoms with Crippen molar-refractivity contribution in [2.75, 3.05) is 4.90 Å². The van der Waals surface area contributed by atoms with Crippen LogP contribution >= 0.6 is 0 Å². The smallest absolute Gasteiger partial charge is 0.248 e. The average molecular weight is 244 g/mol. The van der Waals surface area contributed by atoms with Gasteiger partial charge in [-0.2, -0.15) is 4.99 Å². The number of nitrogens with zero attached hydrogens (tertiary/aromatic N) is 2. The van der Waals surface area contributed by atoms with Gasteiger partial charge in [-0.15, -0.1) is 0 Å². The number of hydrogen-bond donors (Lipinski definition) is 0. The highest BCUT2D eigenvalue weighted by Crippen LogP contribution is 2.39. The molecule has 0 aromatic heterocycles. The van der Waals surface area contributed by atoms with E-state index in [4.69, 9.17) is 0 Å². The van der Waals surface area contributed by atoms with Gasteiger partial charge in [0, 0.05) is 0 Å². The summed E-state index contributed by atoms with van der Waals surface area (Å²) in [4.78, 5) is 38.6. The maximum atomic E-state index is 11.9. The molecular weight excluding hydrogens is 232 g/mol. The fourth-order valence-electron chi connectivity index (χ4n) is 1.87. The maximum absolute atomic E-state index is 11.9. The summed E-state index contributed by atoms with van der Waals surface area (Å²) in [6, 6.07) is 4.87. The standard InChI is InChI=1S/C13H12N2O3/c1-8-4-5-9(14-7-16)6-10(8)15-11(17)13(2,3)12(15)18/h4-6H,1-3H3. The van der Waals surface area contributed by atoms with E-state index in [9.17, 15) is 14.4 Å². The first kappa shape index (κ1) is 12.2. The van der Waals surface area contributed by atoms with Crippen LogP contribution < -0.4 is 4.90 Å². The second-order valence-corrected chi connectivity index (χ2v) is 4.74. The molecule has 0 saturated carbocycles. The first-order valence-corrected chi connectivity index (χ1v) is 5.47. The molecule has 1 aromatic carbocycles. The van der Waals surface area contributed by atoms with Crippen LogP contribution in [-0.4, -0.2) is 17.9 Å². The molecule has 0 bridgehead atoms. The van der Waals surface area contributed by atoms with Crippen LogP contribution in [0.2, 0.25) is 0 Å². The van der Waals surface area contributed by atoms with E-state index in [-0.39, 0.29) is 11.8 Å². The molecular formula is C13H12N2O3. The zero-order valence-corrected chi connectivity index (χ0v) is 10.4. The Balaban J connectivity index is 2.47. The Morgan fingerprint density at radius 1 is 1.22 bits per heavy atom. The Hall–Kier alpha value is -2.26. The molecule has 2 amide bonds. The number of rotatable bonds is 2. The third-order valence-corrected chi connectivity index (χ3v) is 3.08. The van der Waals surface area contributed by atoms with Crippen LogP contribution in [-0.2, 0) is 14.4 Å². The molecule has 0 spiro atoms. The summed E-state index contributed by atoms with van der Waals surface area (Å²) in [5.41, 5.74) is 0.657. The first-order valence-electron chi connectivity index (χ1n) is 5.47. The summed E-state index contributed by atoms with van der Waals surface area (Å²) < 4.78 is 0. The maximum Gasteiger partial charge on any atom is 0.248 e. The third kappa shape index (κ3) is 1.57. The van der Waals surface area contributed by atoms with Crippen molar-refractivity contribution in [2.24, 2.45) is 10.4 Å². The minimum Gasteiger partial charge on any atom is -0.273 e. The number of carbonyl (C=O) groups excluding carboxylic acids is 3. The topological polar surface area (TPSA) is 66.8 Å². The minimum absolute atomic E-state index is 0.247. The summed E-state index contributed by atoms with van der Waals surface area (Å²) in [7, 11) is 0. The lowest BCUT2D eigenvalue weighted by Gasteiger charge is -2.42. The fraction of sp³-hybridized carbons (Fsp3) is 0.308. The zero-order valence-electron chi connectivity index (χ0n) is 10.4. The molecule has 5 nitrogen and oxygen atoms in total. The minimum atomic E-state index is -0.962. The predicted octanol–water partition coefficient (Wildman–Crippen LogP) is 1.86. The SMILES string of the molecule is Cc1ccc(N=C=O)cc1N1C(=O)C(C)(C)C1=O. The Morgan fingerprint density at radius 2 is 1.83 bits per heavy atom. The molecule has 1 aliphatic heterocycles. The van der Waals surface area contributed by atoms with E-state index < -0.39 is 5.41 Å². The summed E-state index contributed by atoms with van der Waals surface area (Å²) >= 11 is 0. The van der Waals surface area contributed by atoms with E-state index in [1.807, 2.05) is 0 Å². The van der Waals surface area contributed by atoms with E-state index in [2.05, 4.69) is 4.99 Å². The van der Waals surface area contributed by atoms with Crippen molar-refractivity contribution in [1.82, 2.24) is 0 Å². The molecule has 92 valence electrons. The number of hydrogen-bond acceptors (Lipinski definition) is 4. The summed E-state index contributed by atoms with van der Waals surface area (Å²) in [6.07, 6.45) is 1.43. The van der Waals surface area contributed by atoms with Crippen molar-refractivity contribution < 1.29 is 14.4 Å². The van der Waals surface area contributed by atoms with Crippen LogP contribution in [0.1, 0.15) is 19.4 Å². The lowest BCUT2D eigenvalue weighted by molar-refractivity contribution is -0.149. The van der Waals surface area contributed by atoms with Gasteiger partial charge in [0.15, 0.2) is 0 Å². The second kappa shape index (κ2) is 3.89. The van der Waals surface area contributed by atoms with Gasteiger partial charge in [0.2, 0.25) is 17.9 Å². The Bertz CT molecular complexity index is 580. The van der Waals surface area contributed by atoms with Crippen molar-refractivity contribution >= 4 is 29.3 Å². The van der Waals surface area contributed by atoms with Gasteiger partial charge in [0.05, 0.1) is 11.4 Å². The largest absolute Gasteiger partial charge is 0.273 e. The van der Waals surface area contributed by atoms with Gasteiger partial charge in [-0.25, -0.2) is 9.69 Å². The van der Waals surface area contributed by atoms with Gasteiger partial charge >= 0.3 is 0 Å². The summed E-state index contributed by atoms with van der Waals surface area (Å²) in [6.45, 7) is 4.98. The van der Waals surface area contributed by atoms with Crippen molar-refractivity contribution in [3.63, 3.8) is 0 Å². The molecule has 0 unspecified atom stereocenters. The van der Waals surface area contributed by atoms with Crippen LogP contribution in [0.3, 0.4) is 0 Å². The quantitative estimate of drug-likeness (QED) is 0.345. The van der Waals surface area contributed by atoms with Gasteiger partial charge in [-0.1, -0.05) is 6.07 Å². The van der Waals surface area contributed by atoms with E-state index in [0.717, 1.165) is 10.5 Å². The van der Waals surface area contributed by atoms with E-state index in [1.165, 1.54) is 12.1 Å². The number of isocyanates is 1. The van der Waals surface area contributed by atoms with E-state index in [0.29, 0.717) is 11.4 Å². The number of amides is 2. The highest BCUT2D eigenvalue weighted by atomic mass is 16.2. The van der Waals surface area contributed by atoms with Crippen molar-refractivity contribution in [1.29, 1.82) is 0 Å². The summed E-state index contributed by atoms with van der Waals surface area (Å²) in [5, 5.41) is 0. The van der Waals surface area contributed by atoms with Crippen LogP contribution in [0.25, 0.3) is 0 Å². The average Bonchev–Trinajstić information content (AvgIpc) is 2.33. The Kier molecular flexibility index (Phi) is 2.64. The predicted molar refractivity (Wildman–Crippen MR) is 65.2 cm³/mol. The highest BCUT2D eigenvalue weighted by Gasteiger charge is 2.55. The van der Waals surface area contributed by atoms with Crippen molar-refractivity contribution in [2.45, 2.75) is 20.8 Å². The van der Waals surface area contributed by atoms with Crippen LogP contribution in [0, 0.1) is 12.3 Å². The molecule has 0 N–H and O–H groups in total. The highest BCUT2D eigenvalue weighted by molar-refractivity contribution is 6.35. The van der Waals surface area contributed by atoms with Crippen LogP contribution in [0.4, 0.5) is 11.4 Å². The van der Waals surface area contributed by atoms with Crippen LogP contribution in [0.15, 0.2) is 23.2 Å². The summed E-state index contributed by atoms with van der Waals surface area (Å²) in [5.74, 6) is -0.495. The second-order valence-electron chi connectivity index (χ2n) is 4.74. The number of benzene rings is 1. The first-order chi connectivity index (χ1) is 8.39. The molecule has 5 heteroatoms. The molecule has 18 heavy (non-hydrogen) atoms. The lowest BCUT2D eigenvalue weighted by atomic mass is 9.81. The third-order valence-electron chi connectivity index (χ3n) is 3.08. The number of carbonyl (C=O) groups is 2. The van der Waals surface area contributed by atoms with Gasteiger partial charge in [0.25, 0.3) is 0 Å². The molecule has 2 rings (SSSR count). The number of β-lactam (4-membered cyclic amide) rings is 2. The van der Waals surface area contributed by atoms with E-state index >= 15 is 0 Å². The Morgan fingerprint density at radius 3 is 2.39 bits per heavy atom. The van der Waals surface area contributed by atoms with Gasteiger partial charge in [0.1, 0.15) is 5.41 Å². The molecule has 1 fully saturated rings. The Labute approximate surface area is 104 Å². The zero-order chi connectivity index (χ0) is 13.5. The van der Waals surface area contributed by atoms with Crippen LogP contribution in [0.5, 0.6) is 0 Å². The lowest BCUT2D eigenvalue weighted by Crippen LogP contribution is -2.64. The monoisotopic (exact) mass is 244 g/mol.